The van der Waals surface area contributed by atoms with Gasteiger partial charge in [-0.05, 0) is 25.7 Å². The third-order valence-corrected chi connectivity index (χ3v) is 11.5. The van der Waals surface area contributed by atoms with Crippen molar-refractivity contribution in [2.24, 2.45) is 0 Å². The van der Waals surface area contributed by atoms with E-state index in [1.54, 1.807) is 0 Å². The molecule has 0 bridgehead atoms. The monoisotopic (exact) mass is 790 g/mol. The maximum atomic E-state index is 12.7. The van der Waals surface area contributed by atoms with Crippen LogP contribution in [0.25, 0.3) is 0 Å². The largest absolute Gasteiger partial charge is 0.756 e. The minimum Gasteiger partial charge on any atom is -0.756 e. The first-order chi connectivity index (χ1) is 26.1. The summed E-state index contributed by atoms with van der Waals surface area (Å²) in [6.45, 7) is 5.42. The number of unbranched alkanes of at least 4 members (excludes halogenated alkanes) is 24. The Bertz CT molecular complexity index is 900. The zero-order valence-corrected chi connectivity index (χ0v) is 37.0. The molecule has 0 radical (unpaired) electrons. The van der Waals surface area contributed by atoms with Gasteiger partial charge in [0.25, 0.3) is 7.82 Å². The third-order valence-electron chi connectivity index (χ3n) is 10.6. The molecule has 0 spiro atoms. The number of phosphoric ester groups is 1. The van der Waals surface area contributed by atoms with Crippen molar-refractivity contribution in [1.82, 2.24) is 0 Å². The zero-order valence-electron chi connectivity index (χ0n) is 36.1. The zero-order chi connectivity index (χ0) is 39.6. The quantitative estimate of drug-likeness (QED) is 0.0198. The second-order valence-electron chi connectivity index (χ2n) is 17.2. The Morgan fingerprint density at radius 2 is 1.02 bits per heavy atom. The van der Waals surface area contributed by atoms with Gasteiger partial charge in [0.05, 0.1) is 46.6 Å². The topological polar surface area (TPSA) is 107 Å². The molecule has 10 heteroatoms. The van der Waals surface area contributed by atoms with Crippen LogP contribution in [0.4, 0.5) is 0 Å². The molecule has 1 heterocycles. The van der Waals surface area contributed by atoms with Crippen molar-refractivity contribution in [3.63, 3.8) is 0 Å². The number of ether oxygens (including phenoxy) is 3. The van der Waals surface area contributed by atoms with Crippen LogP contribution >= 0.6 is 7.82 Å². The van der Waals surface area contributed by atoms with Gasteiger partial charge in [0.15, 0.2) is 0 Å². The van der Waals surface area contributed by atoms with Crippen LogP contribution in [0.3, 0.4) is 0 Å². The van der Waals surface area contributed by atoms with Crippen LogP contribution in [-0.4, -0.2) is 82.9 Å². The molecule has 0 N–H and O–H groups in total. The highest BCUT2D eigenvalue weighted by molar-refractivity contribution is 7.45. The van der Waals surface area contributed by atoms with E-state index in [9.17, 15) is 14.3 Å². The van der Waals surface area contributed by atoms with E-state index < -0.39 is 13.9 Å². The molecule has 54 heavy (non-hydrogen) atoms. The molecule has 1 rings (SSSR count). The third kappa shape index (κ3) is 34.7. The van der Waals surface area contributed by atoms with Crippen LogP contribution in [0.1, 0.15) is 206 Å². The van der Waals surface area contributed by atoms with Gasteiger partial charge < -0.3 is 32.6 Å². The van der Waals surface area contributed by atoms with E-state index in [4.69, 9.17) is 23.3 Å². The number of nitrogens with zero attached hydrogens (tertiary/aromatic N) is 1. The van der Waals surface area contributed by atoms with Gasteiger partial charge in [-0.1, -0.05) is 174 Å². The average Bonchev–Trinajstić information content (AvgIpc) is 3.88. The molecule has 0 aromatic heterocycles. The minimum absolute atomic E-state index is 0.0269. The molecule has 1 aliphatic heterocycles. The van der Waals surface area contributed by atoms with Gasteiger partial charge in [-0.2, -0.15) is 0 Å². The van der Waals surface area contributed by atoms with E-state index in [-0.39, 0.29) is 25.8 Å². The van der Waals surface area contributed by atoms with E-state index in [0.717, 1.165) is 32.1 Å². The molecular formula is C44H88NO8P. The lowest BCUT2D eigenvalue weighted by Crippen LogP contribution is -2.37. The number of esters is 1. The maximum Gasteiger partial charge on any atom is 0.306 e. The summed E-state index contributed by atoms with van der Waals surface area (Å²) in [6.07, 6.45) is 37.0. The average molecular weight is 790 g/mol. The predicted octanol–water partition coefficient (Wildman–Crippen LogP) is 11.6. The van der Waals surface area contributed by atoms with Crippen molar-refractivity contribution >= 4 is 13.8 Å². The van der Waals surface area contributed by atoms with Gasteiger partial charge in [-0.25, -0.2) is 0 Å². The summed E-state index contributed by atoms with van der Waals surface area (Å²) >= 11 is 0. The van der Waals surface area contributed by atoms with Crippen molar-refractivity contribution in [1.29, 1.82) is 0 Å². The Hall–Kier alpha value is -0.540. The summed E-state index contributed by atoms with van der Waals surface area (Å²) in [5.74, 6) is -0.338. The summed E-state index contributed by atoms with van der Waals surface area (Å²) in [5, 5.41) is 0. The Kier molecular flexibility index (Phi) is 32.9. The van der Waals surface area contributed by atoms with E-state index in [2.05, 4.69) is 13.8 Å². The summed E-state index contributed by atoms with van der Waals surface area (Å²) in [6, 6.07) is 0. The van der Waals surface area contributed by atoms with Gasteiger partial charge in [-0.3, -0.25) is 9.36 Å². The lowest BCUT2D eigenvalue weighted by molar-refractivity contribution is -0.870. The van der Waals surface area contributed by atoms with Gasteiger partial charge in [0.1, 0.15) is 19.3 Å². The molecular weight excluding hydrogens is 701 g/mol. The Morgan fingerprint density at radius 1 is 0.593 bits per heavy atom. The molecule has 322 valence electrons. The molecule has 9 nitrogen and oxygen atoms in total. The highest BCUT2D eigenvalue weighted by Gasteiger charge is 2.36. The van der Waals surface area contributed by atoms with Crippen molar-refractivity contribution in [3.8, 4) is 0 Å². The number of rotatable bonds is 42. The first kappa shape index (κ1) is 51.5. The number of quaternary nitrogens is 1. The number of hydrogen-bond acceptors (Lipinski definition) is 8. The molecule has 0 aromatic carbocycles. The second-order valence-corrected chi connectivity index (χ2v) is 18.6. The highest BCUT2D eigenvalue weighted by atomic mass is 31.2. The molecule has 0 saturated carbocycles. The summed E-state index contributed by atoms with van der Waals surface area (Å²) in [5.41, 5.74) is 0. The van der Waals surface area contributed by atoms with E-state index in [1.165, 1.54) is 154 Å². The molecule has 1 saturated heterocycles. The summed E-state index contributed by atoms with van der Waals surface area (Å²) < 4.78 is 40.5. The Balaban J connectivity index is 2.18. The van der Waals surface area contributed by atoms with Gasteiger partial charge in [0, 0.05) is 13.0 Å². The first-order valence-corrected chi connectivity index (χ1v) is 24.4. The lowest BCUT2D eigenvalue weighted by atomic mass is 10.0. The predicted molar refractivity (Wildman–Crippen MR) is 222 cm³/mol. The molecule has 1 fully saturated rings. The number of phosphoric acid groups is 1. The number of epoxide rings is 1. The van der Waals surface area contributed by atoms with Crippen LogP contribution in [0.15, 0.2) is 0 Å². The first-order valence-electron chi connectivity index (χ1n) is 22.9. The molecule has 1 aliphatic rings. The van der Waals surface area contributed by atoms with Crippen LogP contribution in [0.2, 0.25) is 0 Å². The number of carbonyl (C=O) groups excluding carboxylic acids is 1. The van der Waals surface area contributed by atoms with Crippen molar-refractivity contribution in [2.45, 2.75) is 225 Å². The van der Waals surface area contributed by atoms with Gasteiger partial charge in [0.2, 0.25) is 0 Å². The summed E-state index contributed by atoms with van der Waals surface area (Å²) in [7, 11) is 1.36. The normalized spacial score (nSPS) is 17.4. The highest BCUT2D eigenvalue weighted by Crippen LogP contribution is 2.38. The minimum atomic E-state index is -4.52. The molecule has 0 amide bonds. The van der Waals surface area contributed by atoms with E-state index in [1.807, 2.05) is 21.1 Å². The smallest absolute Gasteiger partial charge is 0.306 e. The van der Waals surface area contributed by atoms with Crippen LogP contribution < -0.4 is 4.89 Å². The fourth-order valence-electron chi connectivity index (χ4n) is 6.92. The van der Waals surface area contributed by atoms with Crippen LogP contribution in [0.5, 0.6) is 0 Å². The van der Waals surface area contributed by atoms with Crippen molar-refractivity contribution in [3.05, 3.63) is 0 Å². The molecule has 0 aromatic rings. The van der Waals surface area contributed by atoms with E-state index >= 15 is 0 Å². The Morgan fingerprint density at radius 3 is 1.50 bits per heavy atom. The van der Waals surface area contributed by atoms with Crippen molar-refractivity contribution in [2.75, 3.05) is 54.1 Å². The maximum absolute atomic E-state index is 12.7. The molecule has 4 unspecified atom stereocenters. The standard InChI is InChI=1S/C44H88NO8P/c1-6-8-10-12-13-14-15-16-17-18-19-20-21-25-28-32-37-49-39-41(40-51-54(47,48)50-38-36-45(3,4)5)52-44(46)35-31-27-24-22-23-26-30-34-43-42(53-43)33-29-11-9-7-2/h41-43H,6-40H2,1-5H3. The van der Waals surface area contributed by atoms with Gasteiger partial charge >= 0.3 is 5.97 Å². The lowest BCUT2D eigenvalue weighted by Gasteiger charge is -2.28. The van der Waals surface area contributed by atoms with Crippen molar-refractivity contribution < 1.29 is 42.0 Å². The van der Waals surface area contributed by atoms with E-state index in [0.29, 0.717) is 36.3 Å². The van der Waals surface area contributed by atoms with Crippen LogP contribution in [0, 0.1) is 0 Å². The second kappa shape index (κ2) is 34.5. The molecule has 4 atom stereocenters. The number of carbonyl (C=O) groups is 1. The Labute approximate surface area is 333 Å². The summed E-state index contributed by atoms with van der Waals surface area (Å²) in [4.78, 5) is 25.1. The number of likely N-dealkylation sites (N-methyl/N-ethyl adjacent to an activating group) is 1. The fraction of sp³-hybridized carbons (Fsp3) is 0.977. The van der Waals surface area contributed by atoms with Crippen LogP contribution in [-0.2, 0) is 32.6 Å². The SMILES string of the molecule is CCCCCCCCCCCCCCCCCCOCC(COP(=O)([O-])OCC[N+](C)(C)C)OC(=O)CCCCCCCCCC1OC1CCCCCC. The van der Waals surface area contributed by atoms with Gasteiger partial charge in [-0.15, -0.1) is 0 Å². The molecule has 0 aliphatic carbocycles. The number of hydrogen-bond donors (Lipinski definition) is 0. The fourth-order valence-corrected chi connectivity index (χ4v) is 7.65.